The van der Waals surface area contributed by atoms with Gasteiger partial charge in [-0.1, -0.05) is 5.92 Å². The molecule has 0 aliphatic heterocycles. The molecular weight excluding hydrogens is 396 g/mol. The van der Waals surface area contributed by atoms with Crippen LogP contribution in [-0.4, -0.2) is 42.2 Å². The van der Waals surface area contributed by atoms with Gasteiger partial charge in [0.1, 0.15) is 5.75 Å². The van der Waals surface area contributed by atoms with Crippen molar-refractivity contribution in [3.8, 4) is 29.6 Å². The number of ether oxygens (including phenoxy) is 3. The van der Waals surface area contributed by atoms with E-state index in [-0.39, 0.29) is 23.9 Å². The van der Waals surface area contributed by atoms with Crippen molar-refractivity contribution in [2.45, 2.75) is 11.4 Å². The molecule has 0 atom stereocenters. The van der Waals surface area contributed by atoms with Gasteiger partial charge in [0, 0.05) is 23.7 Å². The van der Waals surface area contributed by atoms with Gasteiger partial charge in [0.15, 0.2) is 11.5 Å². The van der Waals surface area contributed by atoms with E-state index in [9.17, 15) is 13.2 Å². The second-order valence-electron chi connectivity index (χ2n) is 5.75. The Kier molecular flexibility index (Phi) is 7.47. The zero-order chi connectivity index (χ0) is 21.4. The molecule has 8 nitrogen and oxygen atoms in total. The number of nitrogens with one attached hydrogen (secondary N) is 2. The van der Waals surface area contributed by atoms with Crippen LogP contribution >= 0.6 is 0 Å². The zero-order valence-corrected chi connectivity index (χ0v) is 17.1. The number of amides is 1. The molecule has 0 radical (unpaired) electrons. The van der Waals surface area contributed by atoms with Crippen molar-refractivity contribution in [3.63, 3.8) is 0 Å². The van der Waals surface area contributed by atoms with Gasteiger partial charge >= 0.3 is 0 Å². The van der Waals surface area contributed by atoms with Crippen LogP contribution in [0.5, 0.6) is 17.2 Å². The van der Waals surface area contributed by atoms with Crippen LogP contribution in [0.1, 0.15) is 15.9 Å². The molecule has 2 N–H and O–H groups in total. The number of benzene rings is 2. The van der Waals surface area contributed by atoms with Crippen molar-refractivity contribution in [1.29, 1.82) is 0 Å². The fourth-order valence-electron chi connectivity index (χ4n) is 2.51. The lowest BCUT2D eigenvalue weighted by molar-refractivity contribution is 0.0950. The minimum absolute atomic E-state index is 0.0193. The lowest BCUT2D eigenvalue weighted by atomic mass is 10.1. The first kappa shape index (κ1) is 22.1. The number of carbonyl (C=O) groups excluding carboxylic acids is 1. The van der Waals surface area contributed by atoms with Crippen molar-refractivity contribution < 1.29 is 27.4 Å². The molecule has 29 heavy (non-hydrogen) atoms. The molecule has 0 unspecified atom stereocenters. The van der Waals surface area contributed by atoms with Gasteiger partial charge in [-0.3, -0.25) is 4.79 Å². The molecule has 9 heteroatoms. The highest BCUT2D eigenvalue weighted by Crippen LogP contribution is 2.34. The Balaban J connectivity index is 2.13. The summed E-state index contributed by atoms with van der Waals surface area (Å²) in [6.45, 7) is 0.0594. The van der Waals surface area contributed by atoms with Gasteiger partial charge in [0.05, 0.1) is 32.8 Å². The highest BCUT2D eigenvalue weighted by atomic mass is 32.2. The average Bonchev–Trinajstić information content (AvgIpc) is 2.75. The summed E-state index contributed by atoms with van der Waals surface area (Å²) in [7, 11) is 0.837. The summed E-state index contributed by atoms with van der Waals surface area (Å²) in [6.07, 6.45) is 5.06. The largest absolute Gasteiger partial charge is 0.496 e. The lowest BCUT2D eigenvalue weighted by Crippen LogP contribution is -2.25. The fraction of sp³-hybridized carbons (Fsp3) is 0.250. The predicted octanol–water partition coefficient (Wildman–Crippen LogP) is 1.55. The van der Waals surface area contributed by atoms with Crippen molar-refractivity contribution in [2.24, 2.45) is 0 Å². The summed E-state index contributed by atoms with van der Waals surface area (Å²) in [5.41, 5.74) is 0.997. The maximum absolute atomic E-state index is 12.4. The molecule has 0 spiro atoms. The Morgan fingerprint density at radius 3 is 2.14 bits per heavy atom. The third-order valence-electron chi connectivity index (χ3n) is 4.02. The SMILES string of the molecule is C#CCNS(=O)(=O)c1ccc(C(=O)NCc2cc(OC)c(OC)cc2OC)cc1. The molecule has 0 bridgehead atoms. The summed E-state index contributed by atoms with van der Waals surface area (Å²) in [5, 5.41) is 2.76. The van der Waals surface area contributed by atoms with Crippen LogP contribution in [0.2, 0.25) is 0 Å². The number of terminal acetylenes is 1. The molecule has 0 saturated heterocycles. The average molecular weight is 418 g/mol. The van der Waals surface area contributed by atoms with E-state index in [1.54, 1.807) is 12.1 Å². The summed E-state index contributed by atoms with van der Waals surface area (Å²) in [4.78, 5) is 12.4. The number of sulfonamides is 1. The van der Waals surface area contributed by atoms with Crippen LogP contribution in [0.25, 0.3) is 0 Å². The van der Waals surface area contributed by atoms with Gasteiger partial charge < -0.3 is 19.5 Å². The van der Waals surface area contributed by atoms with Gasteiger partial charge in [0.2, 0.25) is 10.0 Å². The number of carbonyl (C=O) groups is 1. The molecule has 154 valence electrons. The van der Waals surface area contributed by atoms with Crippen LogP contribution < -0.4 is 24.2 Å². The predicted molar refractivity (Wildman–Crippen MR) is 108 cm³/mol. The normalized spacial score (nSPS) is 10.7. The second-order valence-corrected chi connectivity index (χ2v) is 7.52. The van der Waals surface area contributed by atoms with Crippen molar-refractivity contribution in [1.82, 2.24) is 10.0 Å². The number of hydrogen-bond donors (Lipinski definition) is 2. The molecule has 0 aliphatic carbocycles. The van der Waals surface area contributed by atoms with E-state index in [4.69, 9.17) is 20.6 Å². The zero-order valence-electron chi connectivity index (χ0n) is 16.3. The molecule has 2 aromatic rings. The van der Waals surface area contributed by atoms with Gasteiger partial charge in [0.25, 0.3) is 5.91 Å². The smallest absolute Gasteiger partial charge is 0.251 e. The third kappa shape index (κ3) is 5.40. The minimum atomic E-state index is -3.71. The van der Waals surface area contributed by atoms with Crippen LogP contribution in [-0.2, 0) is 16.6 Å². The monoisotopic (exact) mass is 418 g/mol. The standard InChI is InChI=1S/C20H22N2O6S/c1-5-10-22-29(24,25)16-8-6-14(7-9-16)20(23)21-13-15-11-18(27-3)19(28-4)12-17(15)26-2/h1,6-9,11-12,22H,10,13H2,2-4H3,(H,21,23). The second kappa shape index (κ2) is 9.82. The van der Waals surface area contributed by atoms with Gasteiger partial charge in [-0.15, -0.1) is 6.42 Å². The molecule has 2 aromatic carbocycles. The minimum Gasteiger partial charge on any atom is -0.496 e. The topological polar surface area (TPSA) is 103 Å². The summed E-state index contributed by atoms with van der Waals surface area (Å²) in [6, 6.07) is 8.90. The maximum atomic E-state index is 12.4. The van der Waals surface area contributed by atoms with Gasteiger partial charge in [-0.25, -0.2) is 8.42 Å². The summed E-state index contributed by atoms with van der Waals surface area (Å²) >= 11 is 0. The Hall–Kier alpha value is -3.22. The highest BCUT2D eigenvalue weighted by molar-refractivity contribution is 7.89. The number of hydrogen-bond acceptors (Lipinski definition) is 6. The van der Waals surface area contributed by atoms with Crippen LogP contribution in [0.4, 0.5) is 0 Å². The molecule has 0 fully saturated rings. The van der Waals surface area contributed by atoms with Crippen molar-refractivity contribution in [2.75, 3.05) is 27.9 Å². The van der Waals surface area contributed by atoms with Gasteiger partial charge in [-0.05, 0) is 30.3 Å². The third-order valence-corrected chi connectivity index (χ3v) is 5.43. The molecule has 1 amide bonds. The molecule has 0 aliphatic rings. The quantitative estimate of drug-likeness (QED) is 0.599. The highest BCUT2D eigenvalue weighted by Gasteiger charge is 2.15. The van der Waals surface area contributed by atoms with E-state index in [0.29, 0.717) is 28.4 Å². The molecule has 2 rings (SSSR count). The molecule has 0 aromatic heterocycles. The van der Waals surface area contributed by atoms with E-state index in [2.05, 4.69) is 16.0 Å². The maximum Gasteiger partial charge on any atom is 0.251 e. The Morgan fingerprint density at radius 2 is 1.59 bits per heavy atom. The summed E-state index contributed by atoms with van der Waals surface area (Å²) in [5.74, 6) is 3.37. The molecule has 0 heterocycles. The van der Waals surface area contributed by atoms with Crippen LogP contribution in [0, 0.1) is 12.3 Å². The van der Waals surface area contributed by atoms with Gasteiger partial charge in [-0.2, -0.15) is 4.72 Å². The van der Waals surface area contributed by atoms with Crippen molar-refractivity contribution in [3.05, 3.63) is 47.5 Å². The first-order valence-corrected chi connectivity index (χ1v) is 9.94. The van der Waals surface area contributed by atoms with Crippen LogP contribution in [0.15, 0.2) is 41.3 Å². The van der Waals surface area contributed by atoms with E-state index in [1.807, 2.05) is 0 Å². The van der Waals surface area contributed by atoms with Crippen molar-refractivity contribution >= 4 is 15.9 Å². The Bertz CT molecular complexity index is 1010. The Morgan fingerprint density at radius 1 is 1.00 bits per heavy atom. The molecule has 0 saturated carbocycles. The van der Waals surface area contributed by atoms with E-state index >= 15 is 0 Å². The van der Waals surface area contributed by atoms with E-state index in [1.165, 1.54) is 45.6 Å². The number of methoxy groups -OCH3 is 3. The molecular formula is C20H22N2O6S. The first-order valence-electron chi connectivity index (χ1n) is 8.46. The first-order chi connectivity index (χ1) is 13.9. The lowest BCUT2D eigenvalue weighted by Gasteiger charge is -2.14. The summed E-state index contributed by atoms with van der Waals surface area (Å²) < 4.78 is 42.1. The van der Waals surface area contributed by atoms with E-state index < -0.39 is 10.0 Å². The Labute approximate surface area is 170 Å². The van der Waals surface area contributed by atoms with E-state index in [0.717, 1.165) is 0 Å². The number of rotatable bonds is 9. The van der Waals surface area contributed by atoms with Crippen LogP contribution in [0.3, 0.4) is 0 Å². The fourth-order valence-corrected chi connectivity index (χ4v) is 3.45.